The maximum absolute atomic E-state index is 2.34. The summed E-state index contributed by atoms with van der Waals surface area (Å²) in [6.45, 7) is 9.24. The first-order valence-corrected chi connectivity index (χ1v) is 8.00. The van der Waals surface area contributed by atoms with Crippen molar-refractivity contribution in [2.45, 2.75) is 49.3 Å². The molecule has 1 aliphatic rings. The van der Waals surface area contributed by atoms with Crippen LogP contribution in [0, 0.1) is 0 Å². The van der Waals surface area contributed by atoms with Crippen molar-refractivity contribution in [2.75, 3.05) is 11.5 Å². The minimum Gasteiger partial charge on any atom is -0.124 e. The summed E-state index contributed by atoms with van der Waals surface area (Å²) in [4.78, 5) is 3.07. The molecule has 0 fully saturated rings. The van der Waals surface area contributed by atoms with E-state index in [1.807, 2.05) is 11.8 Å². The van der Waals surface area contributed by atoms with Crippen LogP contribution in [0.4, 0.5) is 0 Å². The summed E-state index contributed by atoms with van der Waals surface area (Å²) in [7, 11) is 0. The number of benzene rings is 1. The third kappa shape index (κ3) is 2.28. The molecule has 0 amide bonds. The second-order valence-corrected chi connectivity index (χ2v) is 7.14. The zero-order valence-electron chi connectivity index (χ0n) is 10.5. The molecule has 2 heteroatoms. The van der Waals surface area contributed by atoms with Crippen LogP contribution in [-0.4, -0.2) is 11.5 Å². The molecule has 16 heavy (non-hydrogen) atoms. The number of hydrogen-bond donors (Lipinski definition) is 0. The summed E-state index contributed by atoms with van der Waals surface area (Å²) < 4.78 is 0. The Kier molecular flexibility index (Phi) is 3.91. The Morgan fingerprint density at radius 3 is 2.25 bits per heavy atom. The van der Waals surface area contributed by atoms with Crippen LogP contribution in [0.2, 0.25) is 0 Å². The summed E-state index contributed by atoms with van der Waals surface area (Å²) in [6.07, 6.45) is 0. The molecule has 1 aromatic rings. The van der Waals surface area contributed by atoms with Crippen LogP contribution in [0.5, 0.6) is 0 Å². The first-order valence-electron chi connectivity index (χ1n) is 6.03. The van der Waals surface area contributed by atoms with E-state index in [9.17, 15) is 0 Å². The molecule has 0 N–H and O–H groups in total. The van der Waals surface area contributed by atoms with E-state index in [1.165, 1.54) is 16.4 Å². The molecule has 0 saturated carbocycles. The summed E-state index contributed by atoms with van der Waals surface area (Å²) in [6, 6.07) is 4.67. The molecule has 0 bridgehead atoms. The summed E-state index contributed by atoms with van der Waals surface area (Å²) in [5.74, 6) is 3.79. The van der Waals surface area contributed by atoms with Gasteiger partial charge in [0.15, 0.2) is 0 Å². The number of thioether (sulfide) groups is 2. The molecule has 0 saturated heterocycles. The van der Waals surface area contributed by atoms with Crippen molar-refractivity contribution in [2.24, 2.45) is 0 Å². The Hall–Kier alpha value is -0.0800. The summed E-state index contributed by atoms with van der Waals surface area (Å²) in [5.41, 5.74) is 3.15. The van der Waals surface area contributed by atoms with Gasteiger partial charge in [-0.15, -0.1) is 23.5 Å². The van der Waals surface area contributed by atoms with Crippen molar-refractivity contribution in [3.05, 3.63) is 23.3 Å². The van der Waals surface area contributed by atoms with Gasteiger partial charge < -0.3 is 0 Å². The molecule has 1 aliphatic heterocycles. The first kappa shape index (κ1) is 12.4. The van der Waals surface area contributed by atoms with Crippen molar-refractivity contribution in [1.29, 1.82) is 0 Å². The fourth-order valence-electron chi connectivity index (χ4n) is 2.25. The maximum Gasteiger partial charge on any atom is 0.0246 e. The van der Waals surface area contributed by atoms with E-state index < -0.39 is 0 Å². The lowest BCUT2D eigenvalue weighted by atomic mass is 9.90. The highest BCUT2D eigenvalue weighted by atomic mass is 32.2. The lowest BCUT2D eigenvalue weighted by molar-refractivity contribution is 0.762. The normalized spacial score (nSPS) is 15.6. The van der Waals surface area contributed by atoms with E-state index in [4.69, 9.17) is 0 Å². The predicted molar refractivity (Wildman–Crippen MR) is 76.1 cm³/mol. The van der Waals surface area contributed by atoms with Gasteiger partial charge in [0.05, 0.1) is 0 Å². The van der Waals surface area contributed by atoms with Gasteiger partial charge in [0, 0.05) is 21.3 Å². The second kappa shape index (κ2) is 5.05. The van der Waals surface area contributed by atoms with Gasteiger partial charge in [-0.2, -0.15) is 0 Å². The Morgan fingerprint density at radius 2 is 1.62 bits per heavy atom. The van der Waals surface area contributed by atoms with Gasteiger partial charge in [0.1, 0.15) is 0 Å². The zero-order valence-corrected chi connectivity index (χ0v) is 12.2. The molecule has 88 valence electrons. The minimum atomic E-state index is 0.634. The molecule has 0 spiro atoms. The highest BCUT2D eigenvalue weighted by molar-refractivity contribution is 8.05. The molecule has 2 rings (SSSR count). The van der Waals surface area contributed by atoms with Gasteiger partial charge >= 0.3 is 0 Å². The van der Waals surface area contributed by atoms with Crippen LogP contribution >= 0.6 is 23.5 Å². The molecule has 0 nitrogen and oxygen atoms in total. The predicted octanol–water partition coefficient (Wildman–Crippen LogP) is 5.13. The lowest BCUT2D eigenvalue weighted by Crippen LogP contribution is -2.05. The molecule has 0 radical (unpaired) electrons. The number of rotatable bonds is 2. The third-order valence-corrected chi connectivity index (χ3v) is 5.56. The highest BCUT2D eigenvalue weighted by Gasteiger charge is 2.20. The highest BCUT2D eigenvalue weighted by Crippen LogP contribution is 2.44. The van der Waals surface area contributed by atoms with Gasteiger partial charge in [0.2, 0.25) is 0 Å². The van der Waals surface area contributed by atoms with E-state index in [2.05, 4.69) is 51.6 Å². The molecule has 0 aliphatic carbocycles. The monoisotopic (exact) mass is 252 g/mol. The summed E-state index contributed by atoms with van der Waals surface area (Å²) in [5, 5.41) is 0. The van der Waals surface area contributed by atoms with Gasteiger partial charge in [-0.1, -0.05) is 33.8 Å². The standard InChI is InChI=1S/C14H20S2/c1-9(2)11-5-6-12-14(13(11)10(3)4)16-8-7-15-12/h5-6,9-10H,7-8H2,1-4H3. The van der Waals surface area contributed by atoms with Crippen molar-refractivity contribution in [3.63, 3.8) is 0 Å². The van der Waals surface area contributed by atoms with E-state index in [-0.39, 0.29) is 0 Å². The van der Waals surface area contributed by atoms with E-state index >= 15 is 0 Å². The molecular weight excluding hydrogens is 232 g/mol. The molecule has 1 aromatic carbocycles. The molecule has 1 heterocycles. The molecule has 0 atom stereocenters. The van der Waals surface area contributed by atoms with Crippen molar-refractivity contribution in [3.8, 4) is 0 Å². The maximum atomic E-state index is 2.34. The topological polar surface area (TPSA) is 0 Å². The average molecular weight is 252 g/mol. The Bertz CT molecular complexity index is 381. The Balaban J connectivity index is 2.57. The lowest BCUT2D eigenvalue weighted by Gasteiger charge is -2.25. The van der Waals surface area contributed by atoms with Crippen LogP contribution in [0.15, 0.2) is 21.9 Å². The van der Waals surface area contributed by atoms with Crippen molar-refractivity contribution >= 4 is 23.5 Å². The number of hydrogen-bond acceptors (Lipinski definition) is 2. The first-order chi connectivity index (χ1) is 7.61. The quantitative estimate of drug-likeness (QED) is 0.715. The van der Waals surface area contributed by atoms with Crippen LogP contribution in [-0.2, 0) is 0 Å². The average Bonchev–Trinajstić information content (AvgIpc) is 2.27. The smallest absolute Gasteiger partial charge is 0.0246 e. The van der Waals surface area contributed by atoms with Crippen LogP contribution in [0.25, 0.3) is 0 Å². The summed E-state index contributed by atoms with van der Waals surface area (Å²) >= 11 is 4.07. The molecule has 0 aromatic heterocycles. The SMILES string of the molecule is CC(C)c1ccc2c(c1C(C)C)SCCS2. The second-order valence-electron chi connectivity index (χ2n) is 4.90. The van der Waals surface area contributed by atoms with Crippen LogP contribution in [0.1, 0.15) is 50.7 Å². The van der Waals surface area contributed by atoms with Crippen LogP contribution < -0.4 is 0 Å². The van der Waals surface area contributed by atoms with Crippen molar-refractivity contribution < 1.29 is 0 Å². The van der Waals surface area contributed by atoms with Crippen molar-refractivity contribution in [1.82, 2.24) is 0 Å². The fourth-order valence-corrected chi connectivity index (χ4v) is 4.82. The third-order valence-electron chi connectivity index (χ3n) is 2.98. The Labute approximate surface area is 108 Å². The Morgan fingerprint density at radius 1 is 0.938 bits per heavy atom. The minimum absolute atomic E-state index is 0.634. The molecule has 0 unspecified atom stereocenters. The van der Waals surface area contributed by atoms with Gasteiger partial charge in [-0.05, 0) is 29.0 Å². The van der Waals surface area contributed by atoms with E-state index in [1.54, 1.807) is 16.0 Å². The van der Waals surface area contributed by atoms with E-state index in [0.717, 1.165) is 0 Å². The van der Waals surface area contributed by atoms with Gasteiger partial charge in [-0.25, -0.2) is 0 Å². The van der Waals surface area contributed by atoms with Crippen LogP contribution in [0.3, 0.4) is 0 Å². The van der Waals surface area contributed by atoms with Gasteiger partial charge in [0.25, 0.3) is 0 Å². The fraction of sp³-hybridized carbons (Fsp3) is 0.571. The van der Waals surface area contributed by atoms with Gasteiger partial charge in [-0.3, -0.25) is 0 Å². The largest absolute Gasteiger partial charge is 0.124 e. The van der Waals surface area contributed by atoms with E-state index in [0.29, 0.717) is 11.8 Å². The zero-order chi connectivity index (χ0) is 11.7. The molecular formula is C14H20S2. The number of fused-ring (bicyclic) bond motifs is 1.